The van der Waals surface area contributed by atoms with Crippen LogP contribution in [0.4, 0.5) is 0 Å². The molecule has 3 N–H and O–H groups in total. The Kier molecular flexibility index (Phi) is 5.36. The van der Waals surface area contributed by atoms with E-state index in [1.165, 1.54) is 0 Å². The number of aliphatic carboxylic acids is 1. The van der Waals surface area contributed by atoms with Crippen LogP contribution in [0, 0.1) is 6.92 Å². The molecule has 1 aromatic heterocycles. The quantitative estimate of drug-likeness (QED) is 0.735. The molecule has 116 valence electrons. The number of carboxylic acids is 1. The molecule has 1 unspecified atom stereocenters. The van der Waals surface area contributed by atoms with Crippen LogP contribution in [-0.2, 0) is 11.2 Å². The Balaban J connectivity index is 2.05. The predicted molar refractivity (Wildman–Crippen MR) is 83.8 cm³/mol. The molecule has 1 atom stereocenters. The summed E-state index contributed by atoms with van der Waals surface area (Å²) in [6.07, 6.45) is 2.76. The Labute approximate surface area is 129 Å². The summed E-state index contributed by atoms with van der Waals surface area (Å²) in [6.45, 7) is 1.83. The highest BCUT2D eigenvalue weighted by Crippen LogP contribution is 2.11. The van der Waals surface area contributed by atoms with Crippen molar-refractivity contribution in [2.24, 2.45) is 0 Å². The van der Waals surface area contributed by atoms with Gasteiger partial charge in [-0.1, -0.05) is 30.3 Å². The van der Waals surface area contributed by atoms with Gasteiger partial charge in [-0.3, -0.25) is 9.59 Å². The van der Waals surface area contributed by atoms with Gasteiger partial charge in [-0.2, -0.15) is 0 Å². The number of rotatable bonds is 7. The topological polar surface area (TPSA) is 82.2 Å². The molecule has 1 amide bonds. The molecule has 2 rings (SSSR count). The average molecular weight is 300 g/mol. The van der Waals surface area contributed by atoms with E-state index in [-0.39, 0.29) is 18.4 Å². The van der Waals surface area contributed by atoms with E-state index in [2.05, 4.69) is 10.3 Å². The van der Waals surface area contributed by atoms with E-state index in [0.717, 1.165) is 11.3 Å². The molecule has 1 heterocycles. The number of aromatic amines is 1. The van der Waals surface area contributed by atoms with E-state index in [1.54, 1.807) is 12.3 Å². The zero-order valence-electron chi connectivity index (χ0n) is 12.5. The monoisotopic (exact) mass is 300 g/mol. The number of hydrogen-bond donors (Lipinski definition) is 3. The van der Waals surface area contributed by atoms with Gasteiger partial charge in [-0.05, 0) is 31.4 Å². The van der Waals surface area contributed by atoms with Crippen LogP contribution in [0.1, 0.15) is 34.5 Å². The maximum absolute atomic E-state index is 12.3. The highest BCUT2D eigenvalue weighted by Gasteiger charge is 2.17. The molecule has 0 aliphatic rings. The van der Waals surface area contributed by atoms with Crippen LogP contribution in [0.3, 0.4) is 0 Å². The highest BCUT2D eigenvalue weighted by molar-refractivity contribution is 5.95. The molecule has 0 aliphatic carbocycles. The zero-order valence-corrected chi connectivity index (χ0v) is 12.5. The van der Waals surface area contributed by atoms with Crippen molar-refractivity contribution in [2.45, 2.75) is 32.2 Å². The number of H-pyrrole nitrogens is 1. The Bertz CT molecular complexity index is 634. The predicted octanol–water partition coefficient (Wildman–Crippen LogP) is 2.53. The third kappa shape index (κ3) is 4.48. The third-order valence-corrected chi connectivity index (χ3v) is 3.57. The van der Waals surface area contributed by atoms with E-state index in [0.29, 0.717) is 18.4 Å². The van der Waals surface area contributed by atoms with Crippen LogP contribution in [-0.4, -0.2) is 28.0 Å². The summed E-state index contributed by atoms with van der Waals surface area (Å²) in [7, 11) is 0. The fraction of sp³-hybridized carbons (Fsp3) is 0.294. The lowest BCUT2D eigenvalue weighted by atomic mass is 10.0. The van der Waals surface area contributed by atoms with Crippen molar-refractivity contribution in [1.82, 2.24) is 10.3 Å². The minimum Gasteiger partial charge on any atom is -0.481 e. The number of carbonyl (C=O) groups is 2. The van der Waals surface area contributed by atoms with Gasteiger partial charge in [0.1, 0.15) is 0 Å². The number of carboxylic acid groups (broad SMARTS) is 1. The van der Waals surface area contributed by atoms with Crippen molar-refractivity contribution in [3.8, 4) is 0 Å². The molecule has 0 fully saturated rings. The van der Waals surface area contributed by atoms with Gasteiger partial charge in [-0.15, -0.1) is 0 Å². The standard InChI is InChI=1S/C17H20N2O3/c1-12-15(9-10-18-12)17(22)19-14(7-8-16(20)21)11-13-5-3-2-4-6-13/h2-6,9-10,14,18H,7-8,11H2,1H3,(H,19,22)(H,20,21). The first-order valence-corrected chi connectivity index (χ1v) is 7.27. The fourth-order valence-electron chi connectivity index (χ4n) is 2.38. The largest absolute Gasteiger partial charge is 0.481 e. The van der Waals surface area contributed by atoms with Gasteiger partial charge >= 0.3 is 5.97 Å². The number of carbonyl (C=O) groups excluding carboxylic acids is 1. The lowest BCUT2D eigenvalue weighted by Crippen LogP contribution is -2.37. The lowest BCUT2D eigenvalue weighted by Gasteiger charge is -2.18. The minimum absolute atomic E-state index is 0.0316. The highest BCUT2D eigenvalue weighted by atomic mass is 16.4. The summed E-state index contributed by atoms with van der Waals surface area (Å²) in [5.41, 5.74) is 2.46. The van der Waals surface area contributed by atoms with E-state index in [4.69, 9.17) is 5.11 Å². The Morgan fingerprint density at radius 3 is 2.55 bits per heavy atom. The number of amides is 1. The van der Waals surface area contributed by atoms with E-state index in [1.807, 2.05) is 37.3 Å². The van der Waals surface area contributed by atoms with Crippen LogP contribution in [0.5, 0.6) is 0 Å². The van der Waals surface area contributed by atoms with Crippen LogP contribution < -0.4 is 5.32 Å². The maximum Gasteiger partial charge on any atom is 0.303 e. The second-order valence-corrected chi connectivity index (χ2v) is 5.31. The van der Waals surface area contributed by atoms with Crippen molar-refractivity contribution in [1.29, 1.82) is 0 Å². The minimum atomic E-state index is -0.856. The fourth-order valence-corrected chi connectivity index (χ4v) is 2.38. The maximum atomic E-state index is 12.3. The molecule has 0 saturated heterocycles. The summed E-state index contributed by atoms with van der Waals surface area (Å²) in [5.74, 6) is -1.03. The molecule has 0 aliphatic heterocycles. The van der Waals surface area contributed by atoms with Crippen molar-refractivity contribution in [2.75, 3.05) is 0 Å². The first-order valence-electron chi connectivity index (χ1n) is 7.27. The second-order valence-electron chi connectivity index (χ2n) is 5.31. The number of hydrogen-bond acceptors (Lipinski definition) is 2. The summed E-state index contributed by atoms with van der Waals surface area (Å²) >= 11 is 0. The van der Waals surface area contributed by atoms with Crippen molar-refractivity contribution >= 4 is 11.9 Å². The van der Waals surface area contributed by atoms with Gasteiger partial charge in [0, 0.05) is 24.4 Å². The van der Waals surface area contributed by atoms with Crippen LogP contribution in [0.2, 0.25) is 0 Å². The number of aryl methyl sites for hydroxylation is 1. The van der Waals surface area contributed by atoms with Gasteiger partial charge < -0.3 is 15.4 Å². The molecule has 5 nitrogen and oxygen atoms in total. The number of nitrogens with one attached hydrogen (secondary N) is 2. The Hall–Kier alpha value is -2.56. The Morgan fingerprint density at radius 1 is 1.23 bits per heavy atom. The van der Waals surface area contributed by atoms with E-state index >= 15 is 0 Å². The van der Waals surface area contributed by atoms with Crippen molar-refractivity contribution in [3.05, 3.63) is 59.4 Å². The lowest BCUT2D eigenvalue weighted by molar-refractivity contribution is -0.137. The van der Waals surface area contributed by atoms with Gasteiger partial charge in [0.15, 0.2) is 0 Å². The number of benzene rings is 1. The van der Waals surface area contributed by atoms with Gasteiger partial charge in [0.05, 0.1) is 5.56 Å². The smallest absolute Gasteiger partial charge is 0.303 e. The van der Waals surface area contributed by atoms with Crippen LogP contribution >= 0.6 is 0 Å². The average Bonchev–Trinajstić information content (AvgIpc) is 2.92. The molecule has 0 radical (unpaired) electrons. The second kappa shape index (κ2) is 7.45. The van der Waals surface area contributed by atoms with Crippen LogP contribution in [0.25, 0.3) is 0 Å². The SMILES string of the molecule is Cc1[nH]ccc1C(=O)NC(CCC(=O)O)Cc1ccccc1. The first-order chi connectivity index (χ1) is 10.6. The first kappa shape index (κ1) is 15.8. The van der Waals surface area contributed by atoms with Crippen molar-refractivity contribution in [3.63, 3.8) is 0 Å². The molecule has 2 aromatic rings. The molecule has 5 heteroatoms. The van der Waals surface area contributed by atoms with E-state index in [9.17, 15) is 9.59 Å². The normalized spacial score (nSPS) is 11.9. The van der Waals surface area contributed by atoms with Crippen molar-refractivity contribution < 1.29 is 14.7 Å². The number of aromatic nitrogens is 1. The molecule has 0 saturated carbocycles. The zero-order chi connectivity index (χ0) is 15.9. The molecular formula is C17H20N2O3. The molecular weight excluding hydrogens is 280 g/mol. The van der Waals surface area contributed by atoms with Gasteiger partial charge in [-0.25, -0.2) is 0 Å². The molecule has 0 bridgehead atoms. The molecule has 1 aromatic carbocycles. The summed E-state index contributed by atoms with van der Waals surface area (Å²) in [6, 6.07) is 11.3. The molecule has 0 spiro atoms. The summed E-state index contributed by atoms with van der Waals surface area (Å²) < 4.78 is 0. The Morgan fingerprint density at radius 2 is 1.95 bits per heavy atom. The third-order valence-electron chi connectivity index (χ3n) is 3.57. The van der Waals surface area contributed by atoms with E-state index < -0.39 is 5.97 Å². The van der Waals surface area contributed by atoms with Gasteiger partial charge in [0.25, 0.3) is 5.91 Å². The summed E-state index contributed by atoms with van der Waals surface area (Å²) in [4.78, 5) is 26.1. The van der Waals surface area contributed by atoms with Crippen LogP contribution in [0.15, 0.2) is 42.6 Å². The van der Waals surface area contributed by atoms with Gasteiger partial charge in [0.2, 0.25) is 0 Å². The molecule has 22 heavy (non-hydrogen) atoms. The summed E-state index contributed by atoms with van der Waals surface area (Å²) in [5, 5.41) is 11.8.